The molecule has 0 aliphatic heterocycles. The number of hydrogen-bond donors (Lipinski definition) is 1. The van der Waals surface area contributed by atoms with E-state index in [1.807, 2.05) is 30.3 Å². The zero-order chi connectivity index (χ0) is 22.0. The summed E-state index contributed by atoms with van der Waals surface area (Å²) in [6, 6.07) is 22.0. The molecule has 0 saturated heterocycles. The number of hydrogen-bond acceptors (Lipinski definition) is 4. The molecule has 3 aromatic carbocycles. The smallest absolute Gasteiger partial charge is 0.255 e. The molecule has 0 spiro atoms. The van der Waals surface area contributed by atoms with Gasteiger partial charge in [0.05, 0.1) is 10.2 Å². The number of carbonyl (C=O) groups excluding carboxylic acids is 1. The summed E-state index contributed by atoms with van der Waals surface area (Å²) in [5.74, 6) is 0.766. The number of thioether (sulfide) groups is 1. The number of nitrogens with one attached hydrogen (secondary N) is 1. The van der Waals surface area contributed by atoms with Crippen molar-refractivity contribution in [3.8, 4) is 0 Å². The lowest BCUT2D eigenvalue weighted by molar-refractivity contribution is 0.102. The summed E-state index contributed by atoms with van der Waals surface area (Å²) in [7, 11) is 0. The highest BCUT2D eigenvalue weighted by atomic mass is 79.9. The van der Waals surface area contributed by atoms with Crippen LogP contribution in [-0.4, -0.2) is 10.9 Å². The quantitative estimate of drug-likeness (QED) is 0.277. The standard InChI is InChI=1S/C25H23BrN2OS2/c1-25(2,3)18-8-4-16(5-9-18)15-30-24-28-21-13-12-20(14-22(21)31-24)27-23(29)17-6-10-19(26)11-7-17/h4-14H,15H2,1-3H3,(H,27,29). The molecule has 1 heterocycles. The Kier molecular flexibility index (Phi) is 6.51. The van der Waals surface area contributed by atoms with E-state index in [-0.39, 0.29) is 11.3 Å². The van der Waals surface area contributed by atoms with Crippen LogP contribution in [0.1, 0.15) is 42.3 Å². The van der Waals surface area contributed by atoms with Crippen molar-refractivity contribution in [1.29, 1.82) is 0 Å². The predicted molar refractivity (Wildman–Crippen MR) is 136 cm³/mol. The maximum Gasteiger partial charge on any atom is 0.255 e. The summed E-state index contributed by atoms with van der Waals surface area (Å²) >= 11 is 6.79. The molecule has 0 radical (unpaired) electrons. The van der Waals surface area contributed by atoms with Crippen molar-refractivity contribution in [2.75, 3.05) is 5.32 Å². The van der Waals surface area contributed by atoms with Crippen LogP contribution in [0.15, 0.2) is 75.5 Å². The van der Waals surface area contributed by atoms with E-state index >= 15 is 0 Å². The number of carbonyl (C=O) groups is 1. The molecule has 0 aliphatic carbocycles. The molecule has 0 saturated carbocycles. The average molecular weight is 512 g/mol. The highest BCUT2D eigenvalue weighted by Crippen LogP contribution is 2.33. The number of fused-ring (bicyclic) bond motifs is 1. The van der Waals surface area contributed by atoms with Crippen LogP contribution in [0, 0.1) is 0 Å². The van der Waals surface area contributed by atoms with Gasteiger partial charge in [0.15, 0.2) is 4.34 Å². The van der Waals surface area contributed by atoms with Gasteiger partial charge in [-0.05, 0) is 59.0 Å². The van der Waals surface area contributed by atoms with Crippen molar-refractivity contribution in [2.24, 2.45) is 0 Å². The average Bonchev–Trinajstić information content (AvgIpc) is 3.14. The van der Waals surface area contributed by atoms with Gasteiger partial charge in [-0.2, -0.15) is 0 Å². The molecule has 0 bridgehead atoms. The minimum Gasteiger partial charge on any atom is -0.322 e. The van der Waals surface area contributed by atoms with Gasteiger partial charge in [-0.1, -0.05) is 72.7 Å². The monoisotopic (exact) mass is 510 g/mol. The number of aromatic nitrogens is 1. The Morgan fingerprint density at radius 2 is 1.74 bits per heavy atom. The second-order valence-corrected chi connectivity index (χ2v) is 11.5. The van der Waals surface area contributed by atoms with Crippen molar-refractivity contribution >= 4 is 60.8 Å². The van der Waals surface area contributed by atoms with Crippen molar-refractivity contribution in [3.05, 3.63) is 87.9 Å². The van der Waals surface area contributed by atoms with E-state index < -0.39 is 0 Å². The van der Waals surface area contributed by atoms with Gasteiger partial charge in [-0.3, -0.25) is 4.79 Å². The first-order valence-electron chi connectivity index (χ1n) is 9.98. The van der Waals surface area contributed by atoms with Gasteiger partial charge < -0.3 is 5.32 Å². The van der Waals surface area contributed by atoms with E-state index in [2.05, 4.69) is 66.3 Å². The molecule has 4 aromatic rings. The van der Waals surface area contributed by atoms with Crippen molar-refractivity contribution in [2.45, 2.75) is 36.3 Å². The van der Waals surface area contributed by atoms with Crippen LogP contribution in [-0.2, 0) is 11.2 Å². The summed E-state index contributed by atoms with van der Waals surface area (Å²) in [6.07, 6.45) is 0. The summed E-state index contributed by atoms with van der Waals surface area (Å²) in [5, 5.41) is 2.97. The van der Waals surface area contributed by atoms with Crippen LogP contribution < -0.4 is 5.32 Å². The Balaban J connectivity index is 1.42. The van der Waals surface area contributed by atoms with Gasteiger partial charge in [0.1, 0.15) is 0 Å². The van der Waals surface area contributed by atoms with Crippen LogP contribution >= 0.6 is 39.0 Å². The van der Waals surface area contributed by atoms with E-state index in [0.717, 1.165) is 30.5 Å². The fourth-order valence-electron chi connectivity index (χ4n) is 3.09. The van der Waals surface area contributed by atoms with Crippen molar-refractivity contribution in [1.82, 2.24) is 4.98 Å². The molecule has 31 heavy (non-hydrogen) atoms. The Morgan fingerprint density at radius 1 is 1.03 bits per heavy atom. The highest BCUT2D eigenvalue weighted by Gasteiger charge is 2.13. The van der Waals surface area contributed by atoms with E-state index in [9.17, 15) is 4.79 Å². The lowest BCUT2D eigenvalue weighted by Crippen LogP contribution is -2.11. The molecular weight excluding hydrogens is 488 g/mol. The Morgan fingerprint density at radius 3 is 2.42 bits per heavy atom. The van der Waals surface area contributed by atoms with Gasteiger partial charge in [0.25, 0.3) is 5.91 Å². The van der Waals surface area contributed by atoms with E-state index in [0.29, 0.717) is 5.56 Å². The minimum atomic E-state index is -0.121. The lowest BCUT2D eigenvalue weighted by Gasteiger charge is -2.19. The van der Waals surface area contributed by atoms with E-state index in [4.69, 9.17) is 4.98 Å². The third-order valence-corrected chi connectivity index (χ3v) is 7.68. The zero-order valence-electron chi connectivity index (χ0n) is 17.6. The normalized spacial score (nSPS) is 11.6. The SMILES string of the molecule is CC(C)(C)c1ccc(CSc2nc3ccc(NC(=O)c4ccc(Br)cc4)cc3s2)cc1. The first-order valence-corrected chi connectivity index (χ1v) is 12.6. The summed E-state index contributed by atoms with van der Waals surface area (Å²) in [5.41, 5.74) is 5.17. The van der Waals surface area contributed by atoms with Gasteiger partial charge in [0.2, 0.25) is 0 Å². The third kappa shape index (κ3) is 5.56. The zero-order valence-corrected chi connectivity index (χ0v) is 20.8. The lowest BCUT2D eigenvalue weighted by atomic mass is 9.87. The number of nitrogens with zero attached hydrogens (tertiary/aromatic N) is 1. The fraction of sp³-hybridized carbons (Fsp3) is 0.200. The molecule has 1 N–H and O–H groups in total. The highest BCUT2D eigenvalue weighted by molar-refractivity contribution is 9.10. The molecule has 0 unspecified atom stereocenters. The molecular formula is C25H23BrN2OS2. The molecule has 6 heteroatoms. The Bertz CT molecular complexity index is 1210. The molecule has 158 valence electrons. The Hall–Kier alpha value is -2.15. The van der Waals surface area contributed by atoms with Gasteiger partial charge in [0, 0.05) is 21.5 Å². The van der Waals surface area contributed by atoms with Gasteiger partial charge >= 0.3 is 0 Å². The molecule has 0 atom stereocenters. The largest absolute Gasteiger partial charge is 0.322 e. The second-order valence-electron chi connectivity index (χ2n) is 8.36. The molecule has 1 amide bonds. The second kappa shape index (κ2) is 9.15. The first kappa shape index (κ1) is 22.1. The van der Waals surface area contributed by atoms with E-state index in [1.54, 1.807) is 35.2 Å². The topological polar surface area (TPSA) is 42.0 Å². The predicted octanol–water partition coefficient (Wildman–Crippen LogP) is 7.90. The van der Waals surface area contributed by atoms with Crippen LogP contribution in [0.25, 0.3) is 10.2 Å². The van der Waals surface area contributed by atoms with Crippen molar-refractivity contribution < 1.29 is 4.79 Å². The number of thiazole rings is 1. The van der Waals surface area contributed by atoms with E-state index in [1.165, 1.54) is 11.1 Å². The summed E-state index contributed by atoms with van der Waals surface area (Å²) in [6.45, 7) is 6.69. The summed E-state index contributed by atoms with van der Waals surface area (Å²) < 4.78 is 3.05. The number of amides is 1. The summed E-state index contributed by atoms with van der Waals surface area (Å²) in [4.78, 5) is 17.2. The van der Waals surface area contributed by atoms with Gasteiger partial charge in [-0.15, -0.1) is 11.3 Å². The number of rotatable bonds is 5. The van der Waals surface area contributed by atoms with Gasteiger partial charge in [-0.25, -0.2) is 4.98 Å². The van der Waals surface area contributed by atoms with Crippen LogP contribution in [0.3, 0.4) is 0 Å². The molecule has 0 fully saturated rings. The number of halogens is 1. The third-order valence-electron chi connectivity index (χ3n) is 4.92. The minimum absolute atomic E-state index is 0.121. The van der Waals surface area contributed by atoms with Crippen LogP contribution in [0.4, 0.5) is 5.69 Å². The maximum atomic E-state index is 12.5. The molecule has 3 nitrogen and oxygen atoms in total. The fourth-order valence-corrected chi connectivity index (χ4v) is 5.42. The molecule has 4 rings (SSSR count). The maximum absolute atomic E-state index is 12.5. The first-order chi connectivity index (χ1) is 14.8. The van der Waals surface area contributed by atoms with Crippen LogP contribution in [0.5, 0.6) is 0 Å². The van der Waals surface area contributed by atoms with Crippen LogP contribution in [0.2, 0.25) is 0 Å². The molecule has 1 aromatic heterocycles. The number of benzene rings is 3. The molecule has 0 aliphatic rings. The number of anilines is 1. The Labute approximate surface area is 199 Å². The van der Waals surface area contributed by atoms with Crippen molar-refractivity contribution in [3.63, 3.8) is 0 Å².